The number of hydrogen-bond acceptors (Lipinski definition) is 10. The van der Waals surface area contributed by atoms with Crippen LogP contribution in [0, 0.1) is 31.1 Å². The Labute approximate surface area is 304 Å². The Kier molecular flexibility index (Phi) is 10.7. The number of carbonyl (C=O) groups is 2. The van der Waals surface area contributed by atoms with Crippen molar-refractivity contribution in [2.24, 2.45) is 18.9 Å². The van der Waals surface area contributed by atoms with Crippen LogP contribution < -0.4 is 15.3 Å². The molecule has 1 amide bonds. The van der Waals surface area contributed by atoms with E-state index in [1.165, 1.54) is 7.11 Å². The van der Waals surface area contributed by atoms with Crippen molar-refractivity contribution in [3.63, 3.8) is 0 Å². The Morgan fingerprint density at radius 2 is 1.81 bits per heavy atom. The Morgan fingerprint density at radius 3 is 2.54 bits per heavy atom. The van der Waals surface area contributed by atoms with Crippen molar-refractivity contribution in [2.45, 2.75) is 72.1 Å². The number of imidazole rings is 1. The summed E-state index contributed by atoms with van der Waals surface area (Å²) in [6, 6.07) is 9.57. The van der Waals surface area contributed by atoms with E-state index in [2.05, 4.69) is 31.7 Å². The third-order valence-electron chi connectivity index (χ3n) is 9.98. The van der Waals surface area contributed by atoms with Gasteiger partial charge >= 0.3 is 12.1 Å². The fraction of sp³-hybridized carbons (Fsp3) is 0.553. The molecule has 280 valence electrons. The van der Waals surface area contributed by atoms with Gasteiger partial charge in [-0.1, -0.05) is 0 Å². The molecule has 3 atom stereocenters. The van der Waals surface area contributed by atoms with E-state index in [-0.39, 0.29) is 12.1 Å². The molecule has 52 heavy (non-hydrogen) atoms. The number of piperazine rings is 1. The number of rotatable bonds is 10. The summed E-state index contributed by atoms with van der Waals surface area (Å²) in [6.07, 6.45) is 2.72. The maximum absolute atomic E-state index is 13.0. The molecule has 1 saturated heterocycles. The van der Waals surface area contributed by atoms with E-state index >= 15 is 0 Å². The van der Waals surface area contributed by atoms with Crippen LogP contribution in [-0.2, 0) is 27.8 Å². The standard InChI is InChI=1S/C38H52N8O6/c1-23-15-27(35(47)50-8)17-31(40-23)33-24(2)42-43(6)34(33)51-21-26-10-9-25(16-26)19-46-32-18-28(11-12-30(32)41-36(46)39)44-13-14-45(29(20-44)22-49-7)37(48)52-38(3,4)5/h11-12,15,17-18,25-26,29H,9-10,13-14,16,19-22H2,1-8H3,(H2,39,41)/t25-,26+,29-/m1/s1. The number of pyridine rings is 1. The summed E-state index contributed by atoms with van der Waals surface area (Å²) in [5.74, 6) is 0.949. The summed E-state index contributed by atoms with van der Waals surface area (Å²) < 4.78 is 26.4. The maximum Gasteiger partial charge on any atom is 0.410 e. The number of hydrogen-bond donors (Lipinski definition) is 2. The van der Waals surface area contributed by atoms with Crippen LogP contribution in [0.4, 0.5) is 10.5 Å². The second-order valence-corrected chi connectivity index (χ2v) is 15.1. The molecule has 2 fully saturated rings. The molecular weight excluding hydrogens is 664 g/mol. The molecule has 14 nitrogen and oxygen atoms in total. The van der Waals surface area contributed by atoms with E-state index in [4.69, 9.17) is 29.3 Å². The zero-order chi connectivity index (χ0) is 37.3. The molecule has 4 aromatic rings. The van der Waals surface area contributed by atoms with Gasteiger partial charge in [0.2, 0.25) is 5.88 Å². The quantitative estimate of drug-likeness (QED) is 0.211. The van der Waals surface area contributed by atoms with Gasteiger partial charge in [0.1, 0.15) is 5.60 Å². The molecule has 2 N–H and O–H groups in total. The van der Waals surface area contributed by atoms with Crippen LogP contribution >= 0.6 is 0 Å². The minimum absolute atomic E-state index is 0.149. The van der Waals surface area contributed by atoms with Crippen molar-refractivity contribution in [3.05, 3.63) is 52.9 Å². The lowest BCUT2D eigenvalue weighted by Gasteiger charge is -2.42. The van der Waals surface area contributed by atoms with E-state index in [1.54, 1.807) is 28.8 Å². The van der Waals surface area contributed by atoms with E-state index in [0.717, 1.165) is 53.8 Å². The van der Waals surface area contributed by atoms with Crippen LogP contribution in [0.25, 0.3) is 22.3 Å². The monoisotopic (exact) mass is 716 g/mol. The number of nitrogens with zero attached hydrogens (tertiary/aromatic N) is 6. The van der Waals surface area contributed by atoms with Gasteiger partial charge < -0.3 is 33.4 Å². The topological polar surface area (TPSA) is 153 Å². The minimum Gasteiger partial charge on any atom is -0.477 e. The molecule has 4 heterocycles. The Balaban J connectivity index is 1.13. The molecule has 0 radical (unpaired) electrons. The van der Waals surface area contributed by atoms with Gasteiger partial charge in [-0.25, -0.2) is 14.3 Å². The van der Waals surface area contributed by atoms with Gasteiger partial charge in [0.05, 0.1) is 59.9 Å². The van der Waals surface area contributed by atoms with Gasteiger partial charge in [0, 0.05) is 51.7 Å². The molecule has 1 aliphatic heterocycles. The number of aromatic amines is 1. The van der Waals surface area contributed by atoms with E-state index in [0.29, 0.717) is 73.1 Å². The van der Waals surface area contributed by atoms with Crippen LogP contribution in [0.15, 0.2) is 30.3 Å². The molecule has 2 aliphatic rings. The number of amides is 1. The van der Waals surface area contributed by atoms with Crippen LogP contribution in [0.5, 0.6) is 5.88 Å². The van der Waals surface area contributed by atoms with Crippen molar-refractivity contribution < 1.29 is 28.5 Å². The first kappa shape index (κ1) is 36.9. The summed E-state index contributed by atoms with van der Waals surface area (Å²) >= 11 is 0. The molecule has 0 spiro atoms. The number of benzene rings is 1. The third kappa shape index (κ3) is 7.96. The lowest BCUT2D eigenvalue weighted by atomic mass is 10.1. The lowest BCUT2D eigenvalue weighted by molar-refractivity contribution is 0.00342. The largest absolute Gasteiger partial charge is 0.477 e. The average Bonchev–Trinajstić information content (AvgIpc) is 3.76. The zero-order valence-electron chi connectivity index (χ0n) is 31.6. The minimum atomic E-state index is -0.570. The fourth-order valence-electron chi connectivity index (χ4n) is 7.62. The lowest BCUT2D eigenvalue weighted by Crippen LogP contribution is -2.57. The molecule has 14 heteroatoms. The first-order chi connectivity index (χ1) is 24.7. The van der Waals surface area contributed by atoms with Crippen molar-refractivity contribution >= 4 is 28.8 Å². The van der Waals surface area contributed by atoms with Gasteiger partial charge in [-0.05, 0) is 96.0 Å². The second-order valence-electron chi connectivity index (χ2n) is 15.1. The highest BCUT2D eigenvalue weighted by Gasteiger charge is 2.34. The molecular formula is C38H52N8O6. The molecule has 1 aliphatic carbocycles. The highest BCUT2D eigenvalue weighted by atomic mass is 16.6. The average molecular weight is 717 g/mol. The van der Waals surface area contributed by atoms with Crippen molar-refractivity contribution in [1.82, 2.24) is 29.2 Å². The number of methoxy groups -OCH3 is 2. The van der Waals surface area contributed by atoms with E-state index in [9.17, 15) is 9.59 Å². The van der Waals surface area contributed by atoms with E-state index in [1.807, 2.05) is 47.7 Å². The Bertz CT molecular complexity index is 1990. The summed E-state index contributed by atoms with van der Waals surface area (Å²) in [4.78, 5) is 37.3. The summed E-state index contributed by atoms with van der Waals surface area (Å²) in [5, 5.41) is 13.4. The Morgan fingerprint density at radius 1 is 1.04 bits per heavy atom. The van der Waals surface area contributed by atoms with Crippen LogP contribution in [0.3, 0.4) is 0 Å². The molecule has 1 saturated carbocycles. The number of anilines is 1. The maximum atomic E-state index is 13.0. The summed E-state index contributed by atoms with van der Waals surface area (Å²) in [6.45, 7) is 12.9. The van der Waals surface area contributed by atoms with Gasteiger partial charge in [0.15, 0.2) is 5.62 Å². The SMILES string of the molecule is COC[C@H]1CN(c2ccc3[nH]c(=N)n(C[C@@H]4CC[C@H](COc5c(-c6cc(C(=O)OC)cc(C)n6)c(C)nn5C)C4)c3c2)CCN1C(=O)OC(C)(C)C. The third-order valence-corrected chi connectivity index (χ3v) is 9.98. The van der Waals surface area contributed by atoms with Crippen LogP contribution in [-0.4, -0.2) is 100.0 Å². The molecule has 3 aromatic heterocycles. The Hall–Kier alpha value is -4.85. The van der Waals surface area contributed by atoms with Gasteiger partial charge in [-0.15, -0.1) is 0 Å². The number of esters is 1. The van der Waals surface area contributed by atoms with Gasteiger partial charge in [-0.2, -0.15) is 5.10 Å². The number of aromatic nitrogens is 5. The van der Waals surface area contributed by atoms with Crippen molar-refractivity contribution in [2.75, 3.05) is 52.0 Å². The number of H-pyrrole nitrogens is 1. The number of nitrogens with one attached hydrogen (secondary N) is 2. The summed E-state index contributed by atoms with van der Waals surface area (Å²) in [5.41, 5.74) is 6.09. The zero-order valence-corrected chi connectivity index (χ0v) is 31.6. The van der Waals surface area contributed by atoms with Crippen molar-refractivity contribution in [3.8, 4) is 17.1 Å². The predicted molar refractivity (Wildman–Crippen MR) is 197 cm³/mol. The molecule has 1 aromatic carbocycles. The normalized spacial score (nSPS) is 19.3. The number of carbonyl (C=O) groups excluding carboxylic acids is 2. The predicted octanol–water partition coefficient (Wildman–Crippen LogP) is 5.22. The second kappa shape index (κ2) is 15.0. The highest BCUT2D eigenvalue weighted by molar-refractivity contribution is 5.91. The fourth-order valence-corrected chi connectivity index (χ4v) is 7.62. The molecule has 0 unspecified atom stereocenters. The first-order valence-electron chi connectivity index (χ1n) is 18.0. The smallest absolute Gasteiger partial charge is 0.410 e. The number of aryl methyl sites for hydroxylation is 3. The van der Waals surface area contributed by atoms with Crippen molar-refractivity contribution in [1.29, 1.82) is 5.41 Å². The summed E-state index contributed by atoms with van der Waals surface area (Å²) in [7, 11) is 4.88. The first-order valence-corrected chi connectivity index (χ1v) is 18.0. The molecule has 0 bridgehead atoms. The number of ether oxygens (including phenoxy) is 4. The van der Waals surface area contributed by atoms with Gasteiger partial charge in [0.25, 0.3) is 0 Å². The van der Waals surface area contributed by atoms with Crippen LogP contribution in [0.2, 0.25) is 0 Å². The highest BCUT2D eigenvalue weighted by Crippen LogP contribution is 2.36. The van der Waals surface area contributed by atoms with Gasteiger partial charge in [-0.3, -0.25) is 15.3 Å². The van der Waals surface area contributed by atoms with Crippen LogP contribution in [0.1, 0.15) is 61.8 Å². The number of fused-ring (bicyclic) bond motifs is 1. The molecule has 6 rings (SSSR count). The van der Waals surface area contributed by atoms with E-state index < -0.39 is 11.6 Å².